The van der Waals surface area contributed by atoms with Gasteiger partial charge >= 0.3 is 11.9 Å². The van der Waals surface area contributed by atoms with Crippen molar-refractivity contribution in [3.8, 4) is 11.5 Å². The zero-order chi connectivity index (χ0) is 24.3. The number of ether oxygens (including phenoxy) is 1. The number of fused-ring (bicyclic) bond motifs is 1. The molecule has 3 aromatic rings. The minimum absolute atomic E-state index is 0.0281. The van der Waals surface area contributed by atoms with Crippen LogP contribution in [0.25, 0.3) is 11.0 Å². The standard InChI is InChI=1S/C23H26F3N3O4/c1-14(2)8-9-17-18(33-16-7-4-6-15(12-16)23(24,25)26)13-27-20-19(17)21(31)29(10-5-11-30)22(32)28(20)3/h4,6-7,12-14,30H,5,8-11H2,1-3H3. The van der Waals surface area contributed by atoms with Gasteiger partial charge in [0.2, 0.25) is 0 Å². The summed E-state index contributed by atoms with van der Waals surface area (Å²) in [6, 6.07) is 4.47. The molecule has 0 spiro atoms. The molecule has 33 heavy (non-hydrogen) atoms. The van der Waals surface area contributed by atoms with Gasteiger partial charge in [0.1, 0.15) is 17.1 Å². The zero-order valence-electron chi connectivity index (χ0n) is 18.6. The van der Waals surface area contributed by atoms with Gasteiger partial charge in [-0.15, -0.1) is 0 Å². The van der Waals surface area contributed by atoms with Crippen molar-refractivity contribution in [2.75, 3.05) is 6.61 Å². The van der Waals surface area contributed by atoms with Crippen LogP contribution in [0.1, 0.15) is 37.8 Å². The number of benzene rings is 1. The van der Waals surface area contributed by atoms with Gasteiger partial charge in [-0.25, -0.2) is 9.78 Å². The van der Waals surface area contributed by atoms with Crippen LogP contribution in [0.3, 0.4) is 0 Å². The second-order valence-electron chi connectivity index (χ2n) is 8.24. The Morgan fingerprint density at radius 1 is 1.21 bits per heavy atom. The quantitative estimate of drug-likeness (QED) is 0.546. The molecule has 0 aliphatic heterocycles. The van der Waals surface area contributed by atoms with Crippen LogP contribution in [-0.2, 0) is 26.2 Å². The fourth-order valence-corrected chi connectivity index (χ4v) is 3.55. The maximum Gasteiger partial charge on any atom is 0.416 e. The van der Waals surface area contributed by atoms with Gasteiger partial charge in [-0.3, -0.25) is 13.9 Å². The number of hydrogen-bond donors (Lipinski definition) is 1. The first-order valence-electron chi connectivity index (χ1n) is 10.6. The van der Waals surface area contributed by atoms with Crippen molar-refractivity contribution in [1.82, 2.24) is 14.1 Å². The predicted molar refractivity (Wildman–Crippen MR) is 118 cm³/mol. The summed E-state index contributed by atoms with van der Waals surface area (Å²) < 4.78 is 47.4. The Bertz CT molecular complexity index is 1260. The van der Waals surface area contributed by atoms with Gasteiger partial charge in [0, 0.05) is 25.8 Å². The van der Waals surface area contributed by atoms with Crippen molar-refractivity contribution in [3.63, 3.8) is 0 Å². The lowest BCUT2D eigenvalue weighted by molar-refractivity contribution is -0.137. The van der Waals surface area contributed by atoms with E-state index in [0.29, 0.717) is 18.4 Å². The first kappa shape index (κ1) is 24.5. The number of aryl methyl sites for hydroxylation is 2. The molecule has 0 saturated carbocycles. The summed E-state index contributed by atoms with van der Waals surface area (Å²) in [5, 5.41) is 9.32. The van der Waals surface area contributed by atoms with Crippen LogP contribution in [0.15, 0.2) is 40.1 Å². The topological polar surface area (TPSA) is 86.3 Å². The van der Waals surface area contributed by atoms with E-state index in [1.165, 1.54) is 29.9 Å². The van der Waals surface area contributed by atoms with Crippen molar-refractivity contribution in [3.05, 3.63) is 62.4 Å². The lowest BCUT2D eigenvalue weighted by Gasteiger charge is -2.17. The second-order valence-corrected chi connectivity index (χ2v) is 8.24. The normalized spacial score (nSPS) is 12.0. The molecule has 0 atom stereocenters. The number of pyridine rings is 1. The third-order valence-corrected chi connectivity index (χ3v) is 5.32. The minimum Gasteiger partial charge on any atom is -0.455 e. The van der Waals surface area contributed by atoms with Crippen LogP contribution in [0.2, 0.25) is 0 Å². The fraction of sp³-hybridized carbons (Fsp3) is 0.435. The van der Waals surface area contributed by atoms with E-state index in [1.54, 1.807) is 0 Å². The minimum atomic E-state index is -4.53. The number of halogens is 3. The molecule has 0 radical (unpaired) electrons. The Balaban J connectivity index is 2.22. The van der Waals surface area contributed by atoms with E-state index in [0.717, 1.165) is 16.7 Å². The number of nitrogens with zero attached hydrogens (tertiary/aromatic N) is 3. The third-order valence-electron chi connectivity index (χ3n) is 5.32. The van der Waals surface area contributed by atoms with Crippen LogP contribution in [0.5, 0.6) is 11.5 Å². The molecule has 0 fully saturated rings. The molecule has 0 saturated heterocycles. The van der Waals surface area contributed by atoms with Gasteiger partial charge in [0.15, 0.2) is 0 Å². The van der Waals surface area contributed by atoms with E-state index >= 15 is 0 Å². The Kier molecular flexibility index (Phi) is 7.26. The molecule has 0 amide bonds. The average molecular weight is 465 g/mol. The van der Waals surface area contributed by atoms with Gasteiger partial charge in [-0.2, -0.15) is 13.2 Å². The predicted octanol–water partition coefficient (Wildman–Crippen LogP) is 3.88. The maximum absolute atomic E-state index is 13.3. The number of alkyl halides is 3. The van der Waals surface area contributed by atoms with Crippen molar-refractivity contribution < 1.29 is 23.0 Å². The third kappa shape index (κ3) is 5.27. The van der Waals surface area contributed by atoms with E-state index in [1.807, 2.05) is 13.8 Å². The smallest absolute Gasteiger partial charge is 0.416 e. The van der Waals surface area contributed by atoms with Gasteiger partial charge < -0.3 is 9.84 Å². The van der Waals surface area contributed by atoms with Crippen LogP contribution in [-0.4, -0.2) is 25.8 Å². The van der Waals surface area contributed by atoms with Crippen LogP contribution < -0.4 is 16.0 Å². The van der Waals surface area contributed by atoms with E-state index in [2.05, 4.69) is 4.98 Å². The molecule has 0 unspecified atom stereocenters. The molecule has 1 N–H and O–H groups in total. The monoisotopic (exact) mass is 465 g/mol. The highest BCUT2D eigenvalue weighted by atomic mass is 19.4. The molecule has 7 nitrogen and oxygen atoms in total. The molecule has 3 rings (SSSR count). The fourth-order valence-electron chi connectivity index (χ4n) is 3.55. The van der Waals surface area contributed by atoms with Crippen LogP contribution >= 0.6 is 0 Å². The highest BCUT2D eigenvalue weighted by Gasteiger charge is 2.30. The summed E-state index contributed by atoms with van der Waals surface area (Å²) in [6.07, 6.45) is -1.90. The highest BCUT2D eigenvalue weighted by molar-refractivity contribution is 5.80. The molecule has 1 aromatic carbocycles. The van der Waals surface area contributed by atoms with E-state index in [-0.39, 0.29) is 48.0 Å². The number of rotatable bonds is 8. The molecule has 2 aromatic heterocycles. The number of aliphatic hydroxyl groups excluding tert-OH is 1. The summed E-state index contributed by atoms with van der Waals surface area (Å²) in [7, 11) is 1.49. The molecule has 178 valence electrons. The Labute approximate surface area is 188 Å². The molecule has 10 heteroatoms. The molecule has 0 bridgehead atoms. The largest absolute Gasteiger partial charge is 0.455 e. The highest BCUT2D eigenvalue weighted by Crippen LogP contribution is 2.34. The SMILES string of the molecule is CC(C)CCc1c(Oc2cccc(C(F)(F)F)c2)cnc2c1c(=O)n(CCCO)c(=O)n2C. The first-order chi connectivity index (χ1) is 15.5. The van der Waals surface area contributed by atoms with Gasteiger partial charge in [-0.1, -0.05) is 19.9 Å². The Morgan fingerprint density at radius 2 is 1.94 bits per heavy atom. The Morgan fingerprint density at radius 3 is 2.58 bits per heavy atom. The lowest BCUT2D eigenvalue weighted by Crippen LogP contribution is -2.40. The molecular formula is C23H26F3N3O4. The summed E-state index contributed by atoms with van der Waals surface area (Å²) in [5.41, 5.74) is -1.34. The van der Waals surface area contributed by atoms with Crippen molar-refractivity contribution >= 4 is 11.0 Å². The van der Waals surface area contributed by atoms with Crippen LogP contribution in [0.4, 0.5) is 13.2 Å². The van der Waals surface area contributed by atoms with Crippen LogP contribution in [0, 0.1) is 5.92 Å². The summed E-state index contributed by atoms with van der Waals surface area (Å²) in [4.78, 5) is 30.2. The molecular weight excluding hydrogens is 439 g/mol. The Hall–Kier alpha value is -3.14. The molecule has 2 heterocycles. The lowest BCUT2D eigenvalue weighted by atomic mass is 10.0. The van der Waals surface area contributed by atoms with Gasteiger partial charge in [0.25, 0.3) is 5.56 Å². The summed E-state index contributed by atoms with van der Waals surface area (Å²) >= 11 is 0. The number of aliphatic hydroxyl groups is 1. The average Bonchev–Trinajstić information content (AvgIpc) is 2.76. The van der Waals surface area contributed by atoms with Gasteiger partial charge in [-0.05, 0) is 43.4 Å². The van der Waals surface area contributed by atoms with E-state index in [4.69, 9.17) is 9.84 Å². The summed E-state index contributed by atoms with van der Waals surface area (Å²) in [6.45, 7) is 3.85. The molecule has 0 aliphatic carbocycles. The van der Waals surface area contributed by atoms with Gasteiger partial charge in [0.05, 0.1) is 17.1 Å². The molecule has 0 aliphatic rings. The van der Waals surface area contributed by atoms with Crippen molar-refractivity contribution in [2.24, 2.45) is 13.0 Å². The van der Waals surface area contributed by atoms with E-state index < -0.39 is 23.0 Å². The first-order valence-corrected chi connectivity index (χ1v) is 10.6. The zero-order valence-corrected chi connectivity index (χ0v) is 18.6. The summed E-state index contributed by atoms with van der Waals surface area (Å²) in [5.74, 6) is 0.396. The number of aromatic nitrogens is 3. The second kappa shape index (κ2) is 9.78. The number of hydrogen-bond acceptors (Lipinski definition) is 5. The van der Waals surface area contributed by atoms with Crippen molar-refractivity contribution in [2.45, 2.75) is 45.8 Å². The van der Waals surface area contributed by atoms with Crippen molar-refractivity contribution in [1.29, 1.82) is 0 Å². The van der Waals surface area contributed by atoms with E-state index in [9.17, 15) is 22.8 Å². The maximum atomic E-state index is 13.3.